The fraction of sp³-hybridized carbons (Fsp3) is 0.500. The molecule has 1 spiro atoms. The number of anilines is 2. The molecule has 3 nitrogen and oxygen atoms in total. The molecule has 0 unspecified atom stereocenters. The van der Waals surface area contributed by atoms with Gasteiger partial charge in [-0.1, -0.05) is 11.6 Å². The number of rotatable bonds is 0. The average molecular weight is 239 g/mol. The van der Waals surface area contributed by atoms with Crippen LogP contribution in [0.15, 0.2) is 18.2 Å². The van der Waals surface area contributed by atoms with Crippen LogP contribution in [-0.4, -0.2) is 25.3 Å². The number of hydrogen-bond donors (Lipinski definition) is 2. The van der Waals surface area contributed by atoms with Gasteiger partial charge in [-0.25, -0.2) is 0 Å². The monoisotopic (exact) mass is 238 g/mol. The first-order valence-electron chi connectivity index (χ1n) is 5.67. The first-order chi connectivity index (χ1) is 7.77. The maximum atomic E-state index is 5.97. The van der Waals surface area contributed by atoms with Gasteiger partial charge in [-0.15, -0.1) is 0 Å². The summed E-state index contributed by atoms with van der Waals surface area (Å²) in [5.74, 6) is 0. The van der Waals surface area contributed by atoms with E-state index in [1.807, 2.05) is 18.2 Å². The lowest BCUT2D eigenvalue weighted by Crippen LogP contribution is -2.51. The van der Waals surface area contributed by atoms with E-state index in [1.165, 1.54) is 0 Å². The molecule has 86 valence electrons. The van der Waals surface area contributed by atoms with E-state index >= 15 is 0 Å². The molecule has 0 atom stereocenters. The number of fused-ring (bicyclic) bond motifs is 1. The number of halogens is 1. The van der Waals surface area contributed by atoms with Crippen molar-refractivity contribution in [3.05, 3.63) is 23.2 Å². The summed E-state index contributed by atoms with van der Waals surface area (Å²) in [5, 5.41) is 7.87. The van der Waals surface area contributed by atoms with Gasteiger partial charge in [0.1, 0.15) is 0 Å². The van der Waals surface area contributed by atoms with E-state index in [0.717, 1.165) is 49.0 Å². The lowest BCUT2D eigenvalue weighted by Gasteiger charge is -2.43. The summed E-state index contributed by atoms with van der Waals surface area (Å²) < 4.78 is 5.42. The smallest absolute Gasteiger partial charge is 0.0591 e. The van der Waals surface area contributed by atoms with E-state index in [-0.39, 0.29) is 5.54 Å². The Morgan fingerprint density at radius 3 is 2.81 bits per heavy atom. The number of benzene rings is 1. The Morgan fingerprint density at radius 2 is 2.00 bits per heavy atom. The van der Waals surface area contributed by atoms with E-state index in [2.05, 4.69) is 10.6 Å². The number of hydrogen-bond acceptors (Lipinski definition) is 3. The predicted octanol–water partition coefficient (Wildman–Crippen LogP) is 2.73. The van der Waals surface area contributed by atoms with Gasteiger partial charge in [0.05, 0.1) is 16.9 Å². The maximum Gasteiger partial charge on any atom is 0.0591 e. The Morgan fingerprint density at radius 1 is 1.19 bits per heavy atom. The van der Waals surface area contributed by atoms with Crippen LogP contribution in [0.25, 0.3) is 0 Å². The summed E-state index contributed by atoms with van der Waals surface area (Å²) in [4.78, 5) is 0. The quantitative estimate of drug-likeness (QED) is 0.729. The van der Waals surface area contributed by atoms with Gasteiger partial charge in [0.2, 0.25) is 0 Å². The molecule has 0 aliphatic carbocycles. The molecule has 0 aromatic heterocycles. The fourth-order valence-corrected chi connectivity index (χ4v) is 2.60. The third-order valence-electron chi connectivity index (χ3n) is 3.45. The van der Waals surface area contributed by atoms with Crippen LogP contribution in [0.3, 0.4) is 0 Å². The van der Waals surface area contributed by atoms with Crippen molar-refractivity contribution in [1.29, 1.82) is 0 Å². The van der Waals surface area contributed by atoms with Crippen molar-refractivity contribution < 1.29 is 4.74 Å². The van der Waals surface area contributed by atoms with Crippen LogP contribution in [0.4, 0.5) is 11.4 Å². The molecular weight excluding hydrogens is 224 g/mol. The van der Waals surface area contributed by atoms with Crippen LogP contribution in [0, 0.1) is 0 Å². The molecule has 2 aliphatic heterocycles. The van der Waals surface area contributed by atoms with Crippen molar-refractivity contribution in [1.82, 2.24) is 0 Å². The first-order valence-corrected chi connectivity index (χ1v) is 6.05. The molecule has 1 aromatic carbocycles. The fourth-order valence-electron chi connectivity index (χ4n) is 2.43. The molecule has 2 heterocycles. The van der Waals surface area contributed by atoms with Crippen LogP contribution in [0.5, 0.6) is 0 Å². The summed E-state index contributed by atoms with van der Waals surface area (Å²) in [6, 6.07) is 5.94. The van der Waals surface area contributed by atoms with Crippen molar-refractivity contribution in [2.45, 2.75) is 18.4 Å². The molecule has 0 amide bonds. The van der Waals surface area contributed by atoms with Crippen LogP contribution in [-0.2, 0) is 4.74 Å². The molecule has 1 saturated heterocycles. The summed E-state index contributed by atoms with van der Waals surface area (Å²) in [7, 11) is 0. The Balaban J connectivity index is 1.88. The molecule has 1 aromatic rings. The standard InChI is InChI=1S/C12H15ClN2O/c13-9-1-2-10-11(7-9)14-8-12(15-10)3-5-16-6-4-12/h1-2,7,14-15H,3-6,8H2. The SMILES string of the molecule is Clc1ccc2c(c1)NCC1(CCOCC1)N2. The maximum absolute atomic E-state index is 5.97. The molecular formula is C12H15ClN2O. The van der Waals surface area contributed by atoms with Crippen molar-refractivity contribution in [2.24, 2.45) is 0 Å². The second kappa shape index (κ2) is 3.82. The summed E-state index contributed by atoms with van der Waals surface area (Å²) in [6.07, 6.45) is 2.12. The molecule has 0 saturated carbocycles. The molecule has 4 heteroatoms. The highest BCUT2D eigenvalue weighted by atomic mass is 35.5. The minimum atomic E-state index is 0.166. The van der Waals surface area contributed by atoms with E-state index in [4.69, 9.17) is 16.3 Å². The highest BCUT2D eigenvalue weighted by molar-refractivity contribution is 6.31. The zero-order valence-corrected chi connectivity index (χ0v) is 9.81. The first kappa shape index (κ1) is 10.2. The molecule has 1 fully saturated rings. The Labute approximate surface area is 100 Å². The number of ether oxygens (including phenoxy) is 1. The highest BCUT2D eigenvalue weighted by Gasteiger charge is 2.35. The van der Waals surface area contributed by atoms with Gasteiger partial charge in [0.15, 0.2) is 0 Å². The molecule has 2 aliphatic rings. The van der Waals surface area contributed by atoms with Crippen molar-refractivity contribution in [3.63, 3.8) is 0 Å². The highest BCUT2D eigenvalue weighted by Crippen LogP contribution is 2.36. The topological polar surface area (TPSA) is 33.3 Å². The van der Waals surface area contributed by atoms with Crippen molar-refractivity contribution >= 4 is 23.0 Å². The normalized spacial score (nSPS) is 22.1. The van der Waals surface area contributed by atoms with Crippen LogP contribution in [0.2, 0.25) is 5.02 Å². The third kappa shape index (κ3) is 1.74. The third-order valence-corrected chi connectivity index (χ3v) is 3.68. The van der Waals surface area contributed by atoms with Gasteiger partial charge in [0, 0.05) is 24.8 Å². The summed E-state index contributed by atoms with van der Waals surface area (Å²) >= 11 is 5.97. The predicted molar refractivity (Wildman–Crippen MR) is 66.3 cm³/mol. The zero-order valence-electron chi connectivity index (χ0n) is 9.05. The Bertz CT molecular complexity index is 402. The van der Waals surface area contributed by atoms with E-state index in [0.29, 0.717) is 0 Å². The van der Waals surface area contributed by atoms with Gasteiger partial charge in [-0.05, 0) is 31.0 Å². The minimum absolute atomic E-state index is 0.166. The Kier molecular flexibility index (Phi) is 2.45. The average Bonchev–Trinajstić information content (AvgIpc) is 2.31. The molecule has 3 rings (SSSR count). The Hall–Kier alpha value is -0.930. The second-order valence-electron chi connectivity index (χ2n) is 4.56. The largest absolute Gasteiger partial charge is 0.381 e. The van der Waals surface area contributed by atoms with E-state index in [9.17, 15) is 0 Å². The van der Waals surface area contributed by atoms with E-state index in [1.54, 1.807) is 0 Å². The van der Waals surface area contributed by atoms with Crippen LogP contribution >= 0.6 is 11.6 Å². The summed E-state index contributed by atoms with van der Waals surface area (Å²) in [5.41, 5.74) is 2.42. The second-order valence-corrected chi connectivity index (χ2v) is 5.00. The van der Waals surface area contributed by atoms with Gasteiger partial charge in [-0.3, -0.25) is 0 Å². The number of nitrogens with one attached hydrogen (secondary N) is 2. The lowest BCUT2D eigenvalue weighted by molar-refractivity contribution is 0.0635. The van der Waals surface area contributed by atoms with Crippen molar-refractivity contribution in [2.75, 3.05) is 30.4 Å². The van der Waals surface area contributed by atoms with E-state index < -0.39 is 0 Å². The molecule has 0 bridgehead atoms. The zero-order chi connectivity index (χ0) is 11.0. The van der Waals surface area contributed by atoms with Crippen LogP contribution < -0.4 is 10.6 Å². The molecule has 0 radical (unpaired) electrons. The van der Waals surface area contributed by atoms with Crippen molar-refractivity contribution in [3.8, 4) is 0 Å². The van der Waals surface area contributed by atoms with Gasteiger partial charge in [-0.2, -0.15) is 0 Å². The van der Waals surface area contributed by atoms with Crippen LogP contribution in [0.1, 0.15) is 12.8 Å². The lowest BCUT2D eigenvalue weighted by atomic mass is 9.87. The molecule has 2 N–H and O–H groups in total. The van der Waals surface area contributed by atoms with Gasteiger partial charge in [0.25, 0.3) is 0 Å². The minimum Gasteiger partial charge on any atom is -0.381 e. The van der Waals surface area contributed by atoms with Gasteiger partial charge >= 0.3 is 0 Å². The molecule has 16 heavy (non-hydrogen) atoms. The van der Waals surface area contributed by atoms with Gasteiger partial charge < -0.3 is 15.4 Å². The summed E-state index contributed by atoms with van der Waals surface area (Å²) in [6.45, 7) is 2.64.